The Balaban J connectivity index is 2.32. The van der Waals surface area contributed by atoms with Crippen LogP contribution in [0.15, 0.2) is 18.2 Å². The van der Waals surface area contributed by atoms with Crippen molar-refractivity contribution < 1.29 is 0 Å². The fraction of sp³-hybridized carbons (Fsp3) is 0.571. The lowest BCUT2D eigenvalue weighted by molar-refractivity contribution is 0.271. The van der Waals surface area contributed by atoms with Crippen LogP contribution in [0, 0.1) is 5.41 Å². The molecule has 0 aromatic heterocycles. The Hall–Kier alpha value is 0.0900. The van der Waals surface area contributed by atoms with E-state index in [1.807, 2.05) is 12.1 Å². The van der Waals surface area contributed by atoms with Gasteiger partial charge in [0.05, 0.1) is 5.38 Å². The minimum absolute atomic E-state index is 0.000216. The topological polar surface area (TPSA) is 0 Å². The van der Waals surface area contributed by atoms with Crippen LogP contribution < -0.4 is 0 Å². The first kappa shape index (κ1) is 13.5. The molecule has 2 rings (SSSR count). The van der Waals surface area contributed by atoms with Crippen LogP contribution in [0.25, 0.3) is 0 Å². The van der Waals surface area contributed by atoms with E-state index in [9.17, 15) is 0 Å². The van der Waals surface area contributed by atoms with E-state index in [0.29, 0.717) is 10.0 Å². The van der Waals surface area contributed by atoms with Crippen molar-refractivity contribution in [3.05, 3.63) is 33.8 Å². The Morgan fingerprint density at radius 3 is 2.41 bits per heavy atom. The van der Waals surface area contributed by atoms with E-state index in [1.54, 1.807) is 6.07 Å². The zero-order valence-corrected chi connectivity index (χ0v) is 12.2. The normalized spacial score (nSPS) is 20.5. The molecule has 1 fully saturated rings. The number of halogens is 3. The molecule has 17 heavy (non-hydrogen) atoms. The summed E-state index contributed by atoms with van der Waals surface area (Å²) in [5, 5.41) is 1.36. The molecule has 1 aromatic carbocycles. The lowest BCUT2D eigenvalue weighted by Gasteiger charge is -2.33. The molecular formula is C14H17Cl3. The third-order valence-corrected chi connectivity index (χ3v) is 5.34. The van der Waals surface area contributed by atoms with Crippen LogP contribution in [-0.2, 0) is 0 Å². The number of hydrogen-bond acceptors (Lipinski definition) is 0. The molecule has 0 amide bonds. The van der Waals surface area contributed by atoms with Gasteiger partial charge in [-0.15, -0.1) is 11.6 Å². The predicted molar refractivity (Wildman–Crippen MR) is 76.2 cm³/mol. The van der Waals surface area contributed by atoms with Crippen LogP contribution in [0.5, 0.6) is 0 Å². The summed E-state index contributed by atoms with van der Waals surface area (Å²) in [5.74, 6) is 0. The predicted octanol–water partition coefficient (Wildman–Crippen LogP) is 6.24. The van der Waals surface area contributed by atoms with Crippen LogP contribution in [0.2, 0.25) is 10.0 Å². The fourth-order valence-electron chi connectivity index (χ4n) is 2.90. The Morgan fingerprint density at radius 2 is 1.88 bits per heavy atom. The van der Waals surface area contributed by atoms with Gasteiger partial charge in [0.25, 0.3) is 0 Å². The van der Waals surface area contributed by atoms with Crippen LogP contribution in [0.4, 0.5) is 0 Å². The van der Waals surface area contributed by atoms with Crippen molar-refractivity contribution in [2.45, 2.75) is 44.4 Å². The van der Waals surface area contributed by atoms with Crippen molar-refractivity contribution in [1.82, 2.24) is 0 Å². The second-order valence-corrected chi connectivity index (χ2v) is 6.23. The van der Waals surface area contributed by atoms with Crippen molar-refractivity contribution in [2.75, 3.05) is 0 Å². The third kappa shape index (κ3) is 2.59. The molecule has 0 heterocycles. The first-order valence-corrected chi connectivity index (χ1v) is 7.37. The van der Waals surface area contributed by atoms with Crippen LogP contribution in [0.1, 0.15) is 50.0 Å². The molecule has 3 heteroatoms. The maximum absolute atomic E-state index is 6.70. The highest BCUT2D eigenvalue weighted by Gasteiger charge is 2.40. The first-order chi connectivity index (χ1) is 8.09. The number of rotatable bonds is 3. The molecule has 0 bridgehead atoms. The highest BCUT2D eigenvalue weighted by atomic mass is 35.5. The number of benzene rings is 1. The minimum Gasteiger partial charge on any atom is -0.117 e. The summed E-state index contributed by atoms with van der Waals surface area (Å²) in [6, 6.07) is 5.63. The maximum atomic E-state index is 6.70. The van der Waals surface area contributed by atoms with Crippen molar-refractivity contribution in [3.63, 3.8) is 0 Å². The molecule has 0 aliphatic heterocycles. The number of hydrogen-bond donors (Lipinski definition) is 0. The molecule has 0 spiro atoms. The third-order valence-electron chi connectivity index (χ3n) is 4.08. The van der Waals surface area contributed by atoms with E-state index in [1.165, 1.54) is 25.7 Å². The smallest absolute Gasteiger partial charge is 0.0655 e. The summed E-state index contributed by atoms with van der Waals surface area (Å²) in [6.45, 7) is 2.23. The molecule has 1 aliphatic carbocycles. The van der Waals surface area contributed by atoms with Gasteiger partial charge < -0.3 is 0 Å². The molecule has 0 nitrogen and oxygen atoms in total. The van der Waals surface area contributed by atoms with Gasteiger partial charge >= 0.3 is 0 Å². The van der Waals surface area contributed by atoms with Gasteiger partial charge in [0.2, 0.25) is 0 Å². The fourth-order valence-corrected chi connectivity index (χ4v) is 4.04. The maximum Gasteiger partial charge on any atom is 0.0655 e. The van der Waals surface area contributed by atoms with Crippen molar-refractivity contribution in [1.29, 1.82) is 0 Å². The van der Waals surface area contributed by atoms with Gasteiger partial charge in [0.15, 0.2) is 0 Å². The highest BCUT2D eigenvalue weighted by molar-refractivity contribution is 6.35. The average molecular weight is 292 g/mol. The Kier molecular flexibility index (Phi) is 4.28. The van der Waals surface area contributed by atoms with Gasteiger partial charge in [0, 0.05) is 10.0 Å². The Morgan fingerprint density at radius 1 is 1.24 bits per heavy atom. The average Bonchev–Trinajstić information content (AvgIpc) is 2.78. The molecule has 0 N–H and O–H groups in total. The van der Waals surface area contributed by atoms with E-state index in [-0.39, 0.29) is 10.8 Å². The molecular weight excluding hydrogens is 275 g/mol. The van der Waals surface area contributed by atoms with Crippen molar-refractivity contribution >= 4 is 34.8 Å². The zero-order valence-electron chi connectivity index (χ0n) is 9.98. The molecule has 0 radical (unpaired) electrons. The SMILES string of the molecule is CCC1(C(Cl)c2ccc(Cl)cc2Cl)CCCC1. The molecule has 1 atom stereocenters. The Labute approximate surface area is 118 Å². The minimum atomic E-state index is -0.000216. The Bertz CT molecular complexity index is 394. The van der Waals surface area contributed by atoms with Gasteiger partial charge in [-0.2, -0.15) is 0 Å². The molecule has 1 saturated carbocycles. The molecule has 1 aliphatic rings. The molecule has 94 valence electrons. The monoisotopic (exact) mass is 290 g/mol. The first-order valence-electron chi connectivity index (χ1n) is 6.18. The lowest BCUT2D eigenvalue weighted by atomic mass is 9.77. The molecule has 0 saturated heterocycles. The van der Waals surface area contributed by atoms with E-state index in [2.05, 4.69) is 6.92 Å². The summed E-state index contributed by atoms with van der Waals surface area (Å²) < 4.78 is 0. The van der Waals surface area contributed by atoms with Gasteiger partial charge in [0.1, 0.15) is 0 Å². The van der Waals surface area contributed by atoms with E-state index < -0.39 is 0 Å². The highest BCUT2D eigenvalue weighted by Crippen LogP contribution is 2.54. The molecule has 1 unspecified atom stereocenters. The van der Waals surface area contributed by atoms with E-state index >= 15 is 0 Å². The second kappa shape index (κ2) is 5.38. The standard InChI is InChI=1S/C14H17Cl3/c1-2-14(7-3-4-8-14)13(17)11-6-5-10(15)9-12(11)16/h5-6,9,13H,2-4,7-8H2,1H3. The van der Waals surface area contributed by atoms with Crippen LogP contribution >= 0.6 is 34.8 Å². The van der Waals surface area contributed by atoms with E-state index in [0.717, 1.165) is 12.0 Å². The largest absolute Gasteiger partial charge is 0.117 e. The quantitative estimate of drug-likeness (QED) is 0.578. The number of alkyl halides is 1. The summed E-state index contributed by atoms with van der Waals surface area (Å²) in [4.78, 5) is 0. The summed E-state index contributed by atoms with van der Waals surface area (Å²) >= 11 is 18.9. The van der Waals surface area contributed by atoms with Gasteiger partial charge in [-0.3, -0.25) is 0 Å². The summed E-state index contributed by atoms with van der Waals surface area (Å²) in [7, 11) is 0. The zero-order chi connectivity index (χ0) is 12.5. The van der Waals surface area contributed by atoms with Gasteiger partial charge in [-0.25, -0.2) is 0 Å². The van der Waals surface area contributed by atoms with Crippen molar-refractivity contribution in [3.8, 4) is 0 Å². The summed E-state index contributed by atoms with van der Waals surface area (Å²) in [5.41, 5.74) is 1.25. The summed E-state index contributed by atoms with van der Waals surface area (Å²) in [6.07, 6.45) is 6.08. The second-order valence-electron chi connectivity index (χ2n) is 4.95. The molecule has 1 aromatic rings. The van der Waals surface area contributed by atoms with Crippen LogP contribution in [-0.4, -0.2) is 0 Å². The van der Waals surface area contributed by atoms with Crippen molar-refractivity contribution in [2.24, 2.45) is 5.41 Å². The van der Waals surface area contributed by atoms with E-state index in [4.69, 9.17) is 34.8 Å². The van der Waals surface area contributed by atoms with Crippen LogP contribution in [0.3, 0.4) is 0 Å². The lowest BCUT2D eigenvalue weighted by Crippen LogP contribution is -2.21. The van der Waals surface area contributed by atoms with Gasteiger partial charge in [-0.1, -0.05) is 49.0 Å². The van der Waals surface area contributed by atoms with Gasteiger partial charge in [-0.05, 0) is 42.4 Å².